The fourth-order valence-corrected chi connectivity index (χ4v) is 3.15. The topological polar surface area (TPSA) is 106 Å². The van der Waals surface area contributed by atoms with Gasteiger partial charge in [0.2, 0.25) is 5.78 Å². The zero-order valence-corrected chi connectivity index (χ0v) is 17.3. The van der Waals surface area contributed by atoms with Crippen molar-refractivity contribution in [3.63, 3.8) is 0 Å². The lowest BCUT2D eigenvalue weighted by molar-refractivity contribution is -0.133. The number of anilines is 1. The van der Waals surface area contributed by atoms with E-state index >= 15 is 0 Å². The van der Waals surface area contributed by atoms with Crippen LogP contribution >= 0.6 is 0 Å². The Bertz CT molecular complexity index is 1310. The van der Waals surface area contributed by atoms with E-state index in [-0.39, 0.29) is 17.1 Å². The molecule has 9 nitrogen and oxygen atoms in total. The molecular formula is C21H18F3N7O2. The Morgan fingerprint density at radius 2 is 1.82 bits per heavy atom. The zero-order chi connectivity index (χ0) is 23.6. The summed E-state index contributed by atoms with van der Waals surface area (Å²) in [5.74, 6) is -0.992. The molecule has 4 rings (SSSR count). The number of aryl methyl sites for hydroxylation is 1. The molecule has 3 aromatic heterocycles. The van der Waals surface area contributed by atoms with Crippen molar-refractivity contribution < 1.29 is 22.8 Å². The van der Waals surface area contributed by atoms with Crippen LogP contribution in [0.5, 0.6) is 0 Å². The third-order valence-corrected chi connectivity index (χ3v) is 4.73. The van der Waals surface area contributed by atoms with E-state index in [1.165, 1.54) is 7.05 Å². The van der Waals surface area contributed by atoms with Crippen LogP contribution in [-0.4, -0.2) is 48.7 Å². The van der Waals surface area contributed by atoms with Gasteiger partial charge >= 0.3 is 6.18 Å². The van der Waals surface area contributed by atoms with Crippen molar-refractivity contribution in [2.24, 2.45) is 7.05 Å². The molecule has 12 heteroatoms. The van der Waals surface area contributed by atoms with Gasteiger partial charge in [0.25, 0.3) is 11.8 Å². The van der Waals surface area contributed by atoms with Crippen molar-refractivity contribution in [3.8, 4) is 11.3 Å². The zero-order valence-electron chi connectivity index (χ0n) is 17.3. The quantitative estimate of drug-likeness (QED) is 0.463. The third-order valence-electron chi connectivity index (χ3n) is 4.73. The highest BCUT2D eigenvalue weighted by molar-refractivity contribution is 6.10. The first kappa shape index (κ1) is 22.0. The van der Waals surface area contributed by atoms with Crippen molar-refractivity contribution in [2.75, 3.05) is 11.9 Å². The summed E-state index contributed by atoms with van der Waals surface area (Å²) in [6.45, 7) is -0.611. The SMILES string of the molecule is Cn1ncc(C(=O)NCCC(F)(F)F)c1C(=O)Nc1ccn2cc(-c3ccccc3)nc2n1. The van der Waals surface area contributed by atoms with Gasteiger partial charge in [0.15, 0.2) is 0 Å². The van der Waals surface area contributed by atoms with E-state index in [4.69, 9.17) is 0 Å². The van der Waals surface area contributed by atoms with Gasteiger partial charge in [-0.3, -0.25) is 18.7 Å². The first-order valence-corrected chi connectivity index (χ1v) is 9.81. The van der Waals surface area contributed by atoms with Gasteiger partial charge in [-0.1, -0.05) is 30.3 Å². The summed E-state index contributed by atoms with van der Waals surface area (Å²) in [7, 11) is 1.44. The smallest absolute Gasteiger partial charge is 0.352 e. The van der Waals surface area contributed by atoms with Crippen LogP contribution < -0.4 is 10.6 Å². The first-order valence-electron chi connectivity index (χ1n) is 9.81. The van der Waals surface area contributed by atoms with Gasteiger partial charge in [0.05, 0.1) is 23.9 Å². The molecule has 2 amide bonds. The average molecular weight is 457 g/mol. The predicted octanol–water partition coefficient (Wildman–Crippen LogP) is 3.06. The molecule has 33 heavy (non-hydrogen) atoms. The summed E-state index contributed by atoms with van der Waals surface area (Å²) < 4.78 is 39.8. The molecule has 0 unspecified atom stereocenters. The molecule has 0 aliphatic heterocycles. The number of imidazole rings is 1. The lowest BCUT2D eigenvalue weighted by Crippen LogP contribution is -2.30. The predicted molar refractivity (Wildman–Crippen MR) is 113 cm³/mol. The van der Waals surface area contributed by atoms with Crippen LogP contribution in [-0.2, 0) is 7.05 Å². The Hall–Kier alpha value is -4.22. The Labute approximate surface area is 185 Å². The van der Waals surface area contributed by atoms with Crippen LogP contribution in [0.3, 0.4) is 0 Å². The highest BCUT2D eigenvalue weighted by Crippen LogP contribution is 2.20. The van der Waals surface area contributed by atoms with Gasteiger partial charge in [-0.25, -0.2) is 4.98 Å². The van der Waals surface area contributed by atoms with Gasteiger partial charge in [-0.05, 0) is 6.07 Å². The maximum atomic E-state index is 12.8. The highest BCUT2D eigenvalue weighted by atomic mass is 19.4. The normalized spacial score (nSPS) is 11.5. The molecule has 0 spiro atoms. The second-order valence-electron chi connectivity index (χ2n) is 7.12. The number of benzene rings is 1. The molecule has 0 saturated carbocycles. The van der Waals surface area contributed by atoms with E-state index in [2.05, 4.69) is 25.7 Å². The molecule has 3 heterocycles. The molecule has 0 radical (unpaired) electrons. The molecule has 170 valence electrons. The molecule has 0 atom stereocenters. The van der Waals surface area contributed by atoms with Gasteiger partial charge in [0.1, 0.15) is 11.5 Å². The van der Waals surface area contributed by atoms with E-state index in [1.54, 1.807) is 22.9 Å². The van der Waals surface area contributed by atoms with E-state index in [9.17, 15) is 22.8 Å². The summed E-state index contributed by atoms with van der Waals surface area (Å²) in [4.78, 5) is 33.9. The van der Waals surface area contributed by atoms with Crippen LogP contribution in [0.25, 0.3) is 17.0 Å². The number of halogens is 3. The lowest BCUT2D eigenvalue weighted by Gasteiger charge is -2.09. The Balaban J connectivity index is 1.51. The maximum absolute atomic E-state index is 12.8. The molecule has 0 aliphatic carbocycles. The van der Waals surface area contributed by atoms with Crippen LogP contribution in [0.4, 0.5) is 19.0 Å². The van der Waals surface area contributed by atoms with Crippen molar-refractivity contribution in [3.05, 3.63) is 66.2 Å². The van der Waals surface area contributed by atoms with Crippen molar-refractivity contribution in [2.45, 2.75) is 12.6 Å². The monoisotopic (exact) mass is 457 g/mol. The van der Waals surface area contributed by atoms with Gasteiger partial charge < -0.3 is 10.6 Å². The number of aromatic nitrogens is 5. The number of amides is 2. The van der Waals surface area contributed by atoms with Crippen molar-refractivity contribution in [1.29, 1.82) is 0 Å². The molecule has 0 saturated heterocycles. The van der Waals surface area contributed by atoms with Gasteiger partial charge in [0, 0.05) is 31.5 Å². The summed E-state index contributed by atoms with van der Waals surface area (Å²) in [6.07, 6.45) is -0.992. The van der Waals surface area contributed by atoms with Crippen LogP contribution in [0, 0.1) is 0 Å². The van der Waals surface area contributed by atoms with E-state index in [0.717, 1.165) is 16.4 Å². The number of hydrogen-bond donors (Lipinski definition) is 2. The maximum Gasteiger partial charge on any atom is 0.390 e. The molecule has 2 N–H and O–H groups in total. The minimum absolute atomic E-state index is 0.116. The largest absolute Gasteiger partial charge is 0.390 e. The molecule has 0 bridgehead atoms. The molecule has 0 aliphatic rings. The summed E-state index contributed by atoms with van der Waals surface area (Å²) in [6, 6.07) is 11.1. The van der Waals surface area contributed by atoms with Gasteiger partial charge in [-0.2, -0.15) is 23.3 Å². The van der Waals surface area contributed by atoms with Crippen LogP contribution in [0.1, 0.15) is 27.3 Å². The third kappa shape index (κ3) is 5.00. The first-order chi connectivity index (χ1) is 15.7. The minimum Gasteiger partial charge on any atom is -0.352 e. The van der Waals surface area contributed by atoms with Crippen LogP contribution in [0.15, 0.2) is 55.0 Å². The number of fused-ring (bicyclic) bond motifs is 1. The Morgan fingerprint density at radius 3 is 2.55 bits per heavy atom. The van der Waals surface area contributed by atoms with Gasteiger partial charge in [-0.15, -0.1) is 0 Å². The Morgan fingerprint density at radius 1 is 1.06 bits per heavy atom. The van der Waals surface area contributed by atoms with E-state index in [0.29, 0.717) is 11.5 Å². The minimum atomic E-state index is -4.40. The molecular weight excluding hydrogens is 439 g/mol. The fourth-order valence-electron chi connectivity index (χ4n) is 3.15. The van der Waals surface area contributed by atoms with E-state index in [1.807, 2.05) is 30.3 Å². The van der Waals surface area contributed by atoms with Crippen molar-refractivity contribution in [1.82, 2.24) is 29.5 Å². The summed E-state index contributed by atoms with van der Waals surface area (Å²) in [5, 5.41) is 8.61. The number of nitrogens with zero attached hydrogens (tertiary/aromatic N) is 5. The second kappa shape index (κ2) is 8.73. The number of nitrogens with one attached hydrogen (secondary N) is 2. The molecule has 1 aromatic carbocycles. The number of carbonyl (C=O) groups is 2. The van der Waals surface area contributed by atoms with Crippen molar-refractivity contribution >= 4 is 23.4 Å². The molecule has 0 fully saturated rings. The number of alkyl halides is 3. The standard InChI is InChI=1S/C21H18F3N7O2/c1-30-17(14(11-26-30)18(32)25-9-8-21(22,23)24)19(33)28-16-7-10-31-12-15(27-20(31)29-16)13-5-3-2-4-6-13/h2-7,10-12H,8-9H2,1H3,(H,25,32)(H,27,28,29,33). The number of carbonyl (C=O) groups excluding carboxylic acids is 2. The summed E-state index contributed by atoms with van der Waals surface area (Å²) >= 11 is 0. The highest BCUT2D eigenvalue weighted by Gasteiger charge is 2.28. The fraction of sp³-hybridized carbons (Fsp3) is 0.190. The Kier molecular flexibility index (Phi) is 5.82. The molecule has 4 aromatic rings. The van der Waals surface area contributed by atoms with E-state index < -0.39 is 31.0 Å². The van der Waals surface area contributed by atoms with Crippen LogP contribution in [0.2, 0.25) is 0 Å². The summed E-state index contributed by atoms with van der Waals surface area (Å²) in [5.41, 5.74) is 1.35. The lowest BCUT2D eigenvalue weighted by atomic mass is 10.2. The number of rotatable bonds is 6. The second-order valence-corrected chi connectivity index (χ2v) is 7.12. The number of hydrogen-bond acceptors (Lipinski definition) is 5. The average Bonchev–Trinajstić information content (AvgIpc) is 3.36.